The molecule has 0 bridgehead atoms. The number of fused-ring (bicyclic) bond motifs is 1. The average Bonchev–Trinajstić information content (AvgIpc) is 2.90. The van der Waals surface area contributed by atoms with Crippen LogP contribution in [0.15, 0.2) is 75.9 Å². The van der Waals surface area contributed by atoms with Crippen molar-refractivity contribution in [3.05, 3.63) is 88.3 Å². The predicted molar refractivity (Wildman–Crippen MR) is 135 cm³/mol. The number of alkyl halides is 3. The van der Waals surface area contributed by atoms with Crippen molar-refractivity contribution in [3.63, 3.8) is 0 Å². The minimum absolute atomic E-state index is 0.0530. The third-order valence-corrected chi connectivity index (χ3v) is 5.45. The third kappa shape index (κ3) is 5.91. The van der Waals surface area contributed by atoms with Gasteiger partial charge in [0.25, 0.3) is 11.7 Å². The van der Waals surface area contributed by atoms with E-state index in [1.54, 1.807) is 49.4 Å². The number of ether oxygens (including phenoxy) is 3. The number of amides is 1. The minimum atomic E-state index is -5.00. The van der Waals surface area contributed by atoms with Crippen LogP contribution in [0, 0.1) is 0 Å². The van der Waals surface area contributed by atoms with E-state index in [0.29, 0.717) is 30.0 Å². The van der Waals surface area contributed by atoms with Crippen LogP contribution in [-0.4, -0.2) is 19.1 Å². The first-order valence-corrected chi connectivity index (χ1v) is 11.8. The van der Waals surface area contributed by atoms with E-state index in [2.05, 4.69) is 5.32 Å². The number of benzene rings is 3. The van der Waals surface area contributed by atoms with Crippen LogP contribution in [0.25, 0.3) is 11.0 Å². The van der Waals surface area contributed by atoms with Crippen LogP contribution < -0.4 is 25.0 Å². The first-order valence-electron chi connectivity index (χ1n) is 11.8. The van der Waals surface area contributed by atoms with Gasteiger partial charge in [0.05, 0.1) is 17.7 Å². The molecule has 10 heteroatoms. The smallest absolute Gasteiger partial charge is 0.453 e. The number of carbonyl (C=O) groups is 1. The zero-order valence-corrected chi connectivity index (χ0v) is 20.6. The van der Waals surface area contributed by atoms with Crippen molar-refractivity contribution < 1.29 is 36.6 Å². The van der Waals surface area contributed by atoms with Gasteiger partial charge in [0.1, 0.15) is 22.8 Å². The number of anilines is 1. The second-order valence-corrected chi connectivity index (χ2v) is 8.08. The molecule has 0 aliphatic carbocycles. The summed E-state index contributed by atoms with van der Waals surface area (Å²) in [5.74, 6) is -2.39. The zero-order valence-electron chi connectivity index (χ0n) is 20.6. The van der Waals surface area contributed by atoms with E-state index in [1.165, 1.54) is 24.3 Å². The molecule has 198 valence electrons. The summed E-state index contributed by atoms with van der Waals surface area (Å²) >= 11 is 0. The molecular weight excluding hydrogens is 503 g/mol. The van der Waals surface area contributed by atoms with Crippen LogP contribution in [0.1, 0.15) is 25.2 Å². The van der Waals surface area contributed by atoms with Gasteiger partial charge < -0.3 is 23.9 Å². The molecule has 1 N–H and O–H groups in total. The number of para-hydroxylation sites is 3. The van der Waals surface area contributed by atoms with E-state index >= 15 is 0 Å². The fourth-order valence-corrected chi connectivity index (χ4v) is 3.73. The van der Waals surface area contributed by atoms with Crippen LogP contribution >= 0.6 is 0 Å². The molecule has 4 aromatic rings. The molecule has 0 aliphatic rings. The molecule has 1 heterocycles. The standard InChI is InChI=1S/C28H24F3NO6/c1-3-17-14-19-23(15-22(17)36-16-24(33)32-20-12-8-9-13-21(20)35-4-2)38-27(28(29,30)31)26(25(19)34)37-18-10-6-5-7-11-18/h5-15H,3-4,16H2,1-2H3,(H,32,33). The fraction of sp³-hybridized carbons (Fsp3) is 0.214. The molecule has 38 heavy (non-hydrogen) atoms. The molecule has 7 nitrogen and oxygen atoms in total. The summed E-state index contributed by atoms with van der Waals surface area (Å²) in [5, 5.41) is 2.57. The molecule has 1 aromatic heterocycles. The highest BCUT2D eigenvalue weighted by Crippen LogP contribution is 2.39. The van der Waals surface area contributed by atoms with Crippen molar-refractivity contribution >= 4 is 22.6 Å². The molecule has 0 radical (unpaired) electrons. The summed E-state index contributed by atoms with van der Waals surface area (Å²) in [7, 11) is 0. The number of nitrogens with one attached hydrogen (secondary N) is 1. The normalized spacial score (nSPS) is 11.3. The third-order valence-electron chi connectivity index (χ3n) is 5.45. The van der Waals surface area contributed by atoms with Gasteiger partial charge in [0, 0.05) is 6.07 Å². The van der Waals surface area contributed by atoms with Crippen LogP contribution in [0.4, 0.5) is 18.9 Å². The van der Waals surface area contributed by atoms with Crippen LogP contribution in [0.3, 0.4) is 0 Å². The maximum absolute atomic E-state index is 13.8. The topological polar surface area (TPSA) is 87.0 Å². The van der Waals surface area contributed by atoms with Crippen molar-refractivity contribution in [1.82, 2.24) is 0 Å². The summed E-state index contributed by atoms with van der Waals surface area (Å²) in [4.78, 5) is 25.7. The maximum Gasteiger partial charge on any atom is 0.453 e. The highest BCUT2D eigenvalue weighted by atomic mass is 19.4. The Morgan fingerprint density at radius 1 is 0.947 bits per heavy atom. The van der Waals surface area contributed by atoms with Gasteiger partial charge in [-0.25, -0.2) is 0 Å². The zero-order chi connectivity index (χ0) is 27.3. The van der Waals surface area contributed by atoms with Gasteiger partial charge in [-0.2, -0.15) is 13.2 Å². The molecular formula is C28H24F3NO6. The lowest BCUT2D eigenvalue weighted by atomic mass is 10.1. The monoisotopic (exact) mass is 527 g/mol. The molecule has 0 aliphatic heterocycles. The summed E-state index contributed by atoms with van der Waals surface area (Å²) in [5.41, 5.74) is -0.382. The number of carbonyl (C=O) groups excluding carboxylic acids is 1. The van der Waals surface area contributed by atoms with Crippen LogP contribution in [0.5, 0.6) is 23.0 Å². The summed E-state index contributed by atoms with van der Waals surface area (Å²) in [6.45, 7) is 3.56. The Morgan fingerprint density at radius 2 is 1.66 bits per heavy atom. The number of halogens is 3. The average molecular weight is 527 g/mol. The summed E-state index contributed by atoms with van der Waals surface area (Å²) in [6, 6.07) is 17.1. The number of rotatable bonds is 9. The lowest BCUT2D eigenvalue weighted by molar-refractivity contribution is -0.154. The highest BCUT2D eigenvalue weighted by Gasteiger charge is 2.40. The van der Waals surface area contributed by atoms with Crippen molar-refractivity contribution in [2.75, 3.05) is 18.5 Å². The maximum atomic E-state index is 13.8. The van der Waals surface area contributed by atoms with Crippen molar-refractivity contribution in [2.45, 2.75) is 26.4 Å². The van der Waals surface area contributed by atoms with Gasteiger partial charge in [-0.3, -0.25) is 9.59 Å². The van der Waals surface area contributed by atoms with E-state index in [4.69, 9.17) is 18.6 Å². The van der Waals surface area contributed by atoms with E-state index < -0.39 is 35.6 Å². The predicted octanol–water partition coefficient (Wildman–Crippen LogP) is 6.58. The first kappa shape index (κ1) is 26.6. The molecule has 0 saturated heterocycles. The molecule has 3 aromatic carbocycles. The van der Waals surface area contributed by atoms with Crippen LogP contribution in [0.2, 0.25) is 0 Å². The van der Waals surface area contributed by atoms with Gasteiger partial charge in [0.15, 0.2) is 6.61 Å². The lowest BCUT2D eigenvalue weighted by Gasteiger charge is -2.16. The SMILES string of the molecule is CCOc1ccccc1NC(=O)COc1cc2oc(C(F)(F)F)c(Oc3ccccc3)c(=O)c2cc1CC. The van der Waals surface area contributed by atoms with Crippen molar-refractivity contribution in [2.24, 2.45) is 0 Å². The summed E-state index contributed by atoms with van der Waals surface area (Å²) in [6.07, 6.45) is -4.63. The van der Waals surface area contributed by atoms with Crippen molar-refractivity contribution in [1.29, 1.82) is 0 Å². The Balaban J connectivity index is 1.66. The fourth-order valence-electron chi connectivity index (χ4n) is 3.73. The lowest BCUT2D eigenvalue weighted by Crippen LogP contribution is -2.21. The molecule has 0 atom stereocenters. The Labute approximate surface area is 215 Å². The number of hydrogen-bond donors (Lipinski definition) is 1. The summed E-state index contributed by atoms with van der Waals surface area (Å²) < 4.78 is 63.1. The van der Waals surface area contributed by atoms with E-state index in [-0.39, 0.29) is 22.5 Å². The van der Waals surface area contributed by atoms with Gasteiger partial charge in [-0.15, -0.1) is 0 Å². The second-order valence-electron chi connectivity index (χ2n) is 8.08. The molecule has 4 rings (SSSR count). The second kappa shape index (κ2) is 11.3. The number of aryl methyl sites for hydroxylation is 1. The van der Waals surface area contributed by atoms with E-state index in [0.717, 1.165) is 0 Å². The van der Waals surface area contributed by atoms with E-state index in [9.17, 15) is 22.8 Å². The molecule has 0 saturated carbocycles. The largest absolute Gasteiger partial charge is 0.492 e. The van der Waals surface area contributed by atoms with E-state index in [1.807, 2.05) is 6.92 Å². The quantitative estimate of drug-likeness (QED) is 0.265. The molecule has 0 fully saturated rings. The van der Waals surface area contributed by atoms with Gasteiger partial charge in [-0.1, -0.05) is 37.3 Å². The highest BCUT2D eigenvalue weighted by molar-refractivity contribution is 5.93. The first-order chi connectivity index (χ1) is 18.2. The molecule has 1 amide bonds. The van der Waals surface area contributed by atoms with Crippen LogP contribution in [-0.2, 0) is 17.4 Å². The van der Waals surface area contributed by atoms with Crippen molar-refractivity contribution in [3.8, 4) is 23.0 Å². The van der Waals surface area contributed by atoms with Gasteiger partial charge in [-0.05, 0) is 49.2 Å². The molecule has 0 spiro atoms. The Kier molecular flexibility index (Phi) is 7.90. The molecule has 0 unspecified atom stereocenters. The Bertz CT molecular complexity index is 1500. The Hall–Kier alpha value is -4.47. The Morgan fingerprint density at radius 3 is 2.34 bits per heavy atom. The minimum Gasteiger partial charge on any atom is -0.492 e. The van der Waals surface area contributed by atoms with Gasteiger partial charge >= 0.3 is 6.18 Å². The number of hydrogen-bond acceptors (Lipinski definition) is 6. The van der Waals surface area contributed by atoms with Gasteiger partial charge in [0.2, 0.25) is 11.2 Å².